The summed E-state index contributed by atoms with van der Waals surface area (Å²) in [5.74, 6) is 0.0687. The van der Waals surface area contributed by atoms with Crippen LogP contribution < -0.4 is 15.4 Å². The molecule has 1 atom stereocenters. The molecule has 1 aromatic carbocycles. The average molecular weight is 341 g/mol. The maximum absolute atomic E-state index is 12.8. The van der Waals surface area contributed by atoms with Crippen molar-refractivity contribution < 1.29 is 18.4 Å². The molecule has 4 rings (SSSR count). The van der Waals surface area contributed by atoms with Gasteiger partial charge < -0.3 is 18.5 Å². The van der Waals surface area contributed by atoms with E-state index < -0.39 is 11.8 Å². The van der Waals surface area contributed by atoms with E-state index in [0.29, 0.717) is 30.2 Å². The van der Waals surface area contributed by atoms with Gasteiger partial charge in [-0.25, -0.2) is 4.79 Å². The summed E-state index contributed by atoms with van der Waals surface area (Å²) < 4.78 is 16.7. The summed E-state index contributed by atoms with van der Waals surface area (Å²) in [5.41, 5.74) is 0.667. The van der Waals surface area contributed by atoms with Gasteiger partial charge in [0.1, 0.15) is 11.8 Å². The highest BCUT2D eigenvalue weighted by molar-refractivity contribution is 5.99. The zero-order chi connectivity index (χ0) is 17.4. The lowest BCUT2D eigenvalue weighted by Crippen LogP contribution is -2.32. The van der Waals surface area contributed by atoms with Crippen LogP contribution in [0.1, 0.15) is 12.5 Å². The molecule has 0 N–H and O–H groups in total. The number of nitrogens with zero attached hydrogens (tertiary/aromatic N) is 3. The molecule has 1 aliphatic heterocycles. The van der Waals surface area contributed by atoms with E-state index in [1.165, 1.54) is 6.26 Å². The molecule has 25 heavy (non-hydrogen) atoms. The van der Waals surface area contributed by atoms with E-state index in [1.54, 1.807) is 36.3 Å². The third kappa shape index (κ3) is 2.51. The van der Waals surface area contributed by atoms with Crippen molar-refractivity contribution in [1.29, 1.82) is 0 Å². The molecule has 0 radical (unpaired) electrons. The van der Waals surface area contributed by atoms with Crippen LogP contribution in [0.3, 0.4) is 0 Å². The minimum absolute atomic E-state index is 0.0542. The highest BCUT2D eigenvalue weighted by atomic mass is 16.5. The summed E-state index contributed by atoms with van der Waals surface area (Å²) in [7, 11) is 1.55. The summed E-state index contributed by atoms with van der Waals surface area (Å²) in [4.78, 5) is 26.6. The molecule has 1 aliphatic rings. The Morgan fingerprint density at radius 2 is 2.04 bits per heavy atom. The summed E-state index contributed by atoms with van der Waals surface area (Å²) in [5, 5.41) is 4.12. The largest absolute Gasteiger partial charge is 0.495 e. The van der Waals surface area contributed by atoms with Gasteiger partial charge in [-0.2, -0.15) is 4.68 Å². The van der Waals surface area contributed by atoms with Gasteiger partial charge in [0.15, 0.2) is 5.76 Å². The summed E-state index contributed by atoms with van der Waals surface area (Å²) >= 11 is 0. The molecule has 0 aliphatic carbocycles. The molecule has 1 unspecified atom stereocenters. The van der Waals surface area contributed by atoms with Crippen LogP contribution in [-0.4, -0.2) is 29.3 Å². The fraction of sp³-hybridized carbons (Fsp3) is 0.235. The monoisotopic (exact) mass is 341 g/mol. The Balaban J connectivity index is 1.66. The second kappa shape index (κ2) is 5.97. The Kier molecular flexibility index (Phi) is 3.64. The maximum Gasteiger partial charge on any atom is 0.438 e. The number of para-hydroxylation sites is 2. The first-order valence-electron chi connectivity index (χ1n) is 7.77. The number of ether oxygens (including phenoxy) is 1. The molecule has 3 heterocycles. The van der Waals surface area contributed by atoms with Crippen molar-refractivity contribution in [3.63, 3.8) is 0 Å². The number of amides is 1. The van der Waals surface area contributed by atoms with E-state index in [9.17, 15) is 9.59 Å². The van der Waals surface area contributed by atoms with E-state index in [0.717, 1.165) is 4.68 Å². The standard InChI is InChI=1S/C17H15N3O5/c1-23-13-6-3-2-5-11(13)19-9-8-12(16(19)21)20-17(22)25-15(18-20)14-7-4-10-24-14/h2-7,10,12H,8-9H2,1H3. The van der Waals surface area contributed by atoms with Crippen LogP contribution in [0.4, 0.5) is 5.69 Å². The molecular formula is C17H15N3O5. The van der Waals surface area contributed by atoms with E-state index >= 15 is 0 Å². The van der Waals surface area contributed by atoms with Crippen molar-refractivity contribution in [2.45, 2.75) is 12.5 Å². The highest BCUT2D eigenvalue weighted by Gasteiger charge is 2.37. The predicted octanol–water partition coefficient (Wildman–Crippen LogP) is 2.08. The molecule has 0 spiro atoms. The summed E-state index contributed by atoms with van der Waals surface area (Å²) in [6.07, 6.45) is 1.90. The Morgan fingerprint density at radius 1 is 1.20 bits per heavy atom. The molecule has 8 heteroatoms. The van der Waals surface area contributed by atoms with Gasteiger partial charge in [-0.05, 0) is 30.7 Å². The lowest BCUT2D eigenvalue weighted by molar-refractivity contribution is -0.120. The number of hydrogen-bond acceptors (Lipinski definition) is 6. The first-order valence-corrected chi connectivity index (χ1v) is 7.77. The third-order valence-corrected chi connectivity index (χ3v) is 4.15. The van der Waals surface area contributed by atoms with E-state index in [4.69, 9.17) is 13.6 Å². The second-order valence-corrected chi connectivity index (χ2v) is 5.56. The number of methoxy groups -OCH3 is 1. The Labute approximate surface area is 142 Å². The second-order valence-electron chi connectivity index (χ2n) is 5.56. The van der Waals surface area contributed by atoms with Crippen molar-refractivity contribution in [1.82, 2.24) is 9.78 Å². The Hall–Kier alpha value is -3.29. The smallest absolute Gasteiger partial charge is 0.438 e. The van der Waals surface area contributed by atoms with Gasteiger partial charge in [0.25, 0.3) is 11.8 Å². The molecule has 8 nitrogen and oxygen atoms in total. The van der Waals surface area contributed by atoms with Crippen LogP contribution in [0.5, 0.6) is 5.75 Å². The zero-order valence-electron chi connectivity index (χ0n) is 13.4. The first kappa shape index (κ1) is 15.3. The van der Waals surface area contributed by atoms with Gasteiger partial charge in [-0.15, -0.1) is 5.10 Å². The molecule has 1 amide bonds. The molecular weight excluding hydrogens is 326 g/mol. The van der Waals surface area contributed by atoms with Gasteiger partial charge in [0, 0.05) is 6.54 Å². The summed E-state index contributed by atoms with van der Waals surface area (Å²) in [6.45, 7) is 0.458. The van der Waals surface area contributed by atoms with Gasteiger partial charge in [-0.1, -0.05) is 12.1 Å². The lowest BCUT2D eigenvalue weighted by Gasteiger charge is -2.19. The molecule has 1 fully saturated rings. The van der Waals surface area contributed by atoms with E-state index in [-0.39, 0.29) is 11.8 Å². The first-order chi connectivity index (χ1) is 12.2. The van der Waals surface area contributed by atoms with Crippen molar-refractivity contribution in [2.75, 3.05) is 18.6 Å². The van der Waals surface area contributed by atoms with Gasteiger partial charge in [-0.3, -0.25) is 4.79 Å². The maximum atomic E-state index is 12.8. The van der Waals surface area contributed by atoms with Crippen LogP contribution >= 0.6 is 0 Å². The quantitative estimate of drug-likeness (QED) is 0.722. The SMILES string of the molecule is COc1ccccc1N1CCC(n2nc(-c3ccco3)oc2=O)C1=O. The van der Waals surface area contributed by atoms with Crippen molar-refractivity contribution in [3.8, 4) is 17.4 Å². The van der Waals surface area contributed by atoms with Crippen molar-refractivity contribution >= 4 is 11.6 Å². The van der Waals surface area contributed by atoms with Crippen molar-refractivity contribution in [3.05, 3.63) is 53.2 Å². The number of hydrogen-bond donors (Lipinski definition) is 0. The lowest BCUT2D eigenvalue weighted by atomic mass is 10.2. The normalized spacial score (nSPS) is 17.2. The fourth-order valence-electron chi connectivity index (χ4n) is 2.97. The topological polar surface area (TPSA) is 90.7 Å². The molecule has 1 saturated heterocycles. The number of benzene rings is 1. The van der Waals surface area contributed by atoms with E-state index in [2.05, 4.69) is 5.10 Å². The average Bonchev–Trinajstić information content (AvgIpc) is 3.35. The minimum atomic E-state index is -0.718. The van der Waals surface area contributed by atoms with Crippen LogP contribution in [-0.2, 0) is 4.79 Å². The van der Waals surface area contributed by atoms with Gasteiger partial charge >= 0.3 is 5.76 Å². The predicted molar refractivity (Wildman–Crippen MR) is 87.5 cm³/mol. The highest BCUT2D eigenvalue weighted by Crippen LogP contribution is 2.34. The van der Waals surface area contributed by atoms with E-state index in [1.807, 2.05) is 12.1 Å². The minimum Gasteiger partial charge on any atom is -0.495 e. The van der Waals surface area contributed by atoms with Crippen LogP contribution in [0, 0.1) is 0 Å². The molecule has 128 valence electrons. The van der Waals surface area contributed by atoms with Crippen LogP contribution in [0.25, 0.3) is 11.7 Å². The number of aromatic nitrogens is 2. The number of carbonyl (C=O) groups excluding carboxylic acids is 1. The van der Waals surface area contributed by atoms with Gasteiger partial charge in [0.2, 0.25) is 0 Å². The number of carbonyl (C=O) groups is 1. The molecule has 0 saturated carbocycles. The number of anilines is 1. The molecule has 3 aromatic rings. The zero-order valence-corrected chi connectivity index (χ0v) is 13.4. The van der Waals surface area contributed by atoms with Gasteiger partial charge in [0.05, 0.1) is 19.1 Å². The number of rotatable bonds is 4. The fourth-order valence-corrected chi connectivity index (χ4v) is 2.97. The molecule has 2 aromatic heterocycles. The third-order valence-electron chi connectivity index (χ3n) is 4.15. The summed E-state index contributed by atoms with van der Waals surface area (Å²) in [6, 6.07) is 9.83. The van der Waals surface area contributed by atoms with Crippen molar-refractivity contribution in [2.24, 2.45) is 0 Å². The van der Waals surface area contributed by atoms with Crippen LogP contribution in [0.2, 0.25) is 0 Å². The molecule has 0 bridgehead atoms. The van der Waals surface area contributed by atoms with Crippen LogP contribution in [0.15, 0.2) is 56.3 Å². The number of furan rings is 1. The Bertz CT molecular complexity index is 957. The Morgan fingerprint density at radius 3 is 2.80 bits per heavy atom.